The van der Waals surface area contributed by atoms with Crippen LogP contribution in [0.25, 0.3) is 0 Å². The molecule has 0 radical (unpaired) electrons. The Balaban J connectivity index is 2.05. The summed E-state index contributed by atoms with van der Waals surface area (Å²) in [6.07, 6.45) is 1.05. The predicted molar refractivity (Wildman–Crippen MR) is 87.3 cm³/mol. The first-order valence-corrected chi connectivity index (χ1v) is 7.39. The Bertz CT molecular complexity index is 581. The molecule has 3 nitrogen and oxygen atoms in total. The quantitative estimate of drug-likeness (QED) is 0.824. The molecular formula is C18H23NO2. The molecule has 3 heteroatoms. The number of benzene rings is 2. The summed E-state index contributed by atoms with van der Waals surface area (Å²) in [6.45, 7) is 5.53. The first-order valence-electron chi connectivity index (χ1n) is 7.39. The van der Waals surface area contributed by atoms with Gasteiger partial charge in [0.1, 0.15) is 0 Å². The first kappa shape index (κ1) is 15.2. The van der Waals surface area contributed by atoms with Gasteiger partial charge < -0.3 is 14.8 Å². The maximum atomic E-state index is 5.53. The minimum absolute atomic E-state index is 0.637. The van der Waals surface area contributed by atoms with Crippen LogP contribution in [0.2, 0.25) is 0 Å². The van der Waals surface area contributed by atoms with Gasteiger partial charge in [-0.1, -0.05) is 25.1 Å². The van der Waals surface area contributed by atoms with Crippen molar-refractivity contribution in [1.29, 1.82) is 0 Å². The second-order valence-electron chi connectivity index (χ2n) is 4.83. The third kappa shape index (κ3) is 4.15. The van der Waals surface area contributed by atoms with Gasteiger partial charge in [0.15, 0.2) is 11.5 Å². The standard InChI is InChI=1S/C18H23NO2/c1-4-14-7-6-8-16(11-14)19-13-15-9-10-17(21-5-2)18(12-15)20-3/h6-12,19H,4-5,13H2,1-3H3. The Morgan fingerprint density at radius 3 is 2.52 bits per heavy atom. The van der Waals surface area contributed by atoms with Gasteiger partial charge in [0, 0.05) is 12.2 Å². The minimum Gasteiger partial charge on any atom is -0.493 e. The van der Waals surface area contributed by atoms with E-state index in [1.165, 1.54) is 5.56 Å². The van der Waals surface area contributed by atoms with Gasteiger partial charge in [0.2, 0.25) is 0 Å². The molecule has 0 amide bonds. The highest BCUT2D eigenvalue weighted by Gasteiger charge is 2.05. The zero-order chi connectivity index (χ0) is 15.1. The van der Waals surface area contributed by atoms with Gasteiger partial charge >= 0.3 is 0 Å². The van der Waals surface area contributed by atoms with Crippen LogP contribution in [0.4, 0.5) is 5.69 Å². The average molecular weight is 285 g/mol. The van der Waals surface area contributed by atoms with Gasteiger partial charge in [-0.3, -0.25) is 0 Å². The molecule has 0 aliphatic carbocycles. The lowest BCUT2D eigenvalue weighted by Gasteiger charge is -2.12. The molecule has 0 fully saturated rings. The highest BCUT2D eigenvalue weighted by atomic mass is 16.5. The summed E-state index contributed by atoms with van der Waals surface area (Å²) in [4.78, 5) is 0. The largest absolute Gasteiger partial charge is 0.493 e. The second-order valence-corrected chi connectivity index (χ2v) is 4.83. The lowest BCUT2D eigenvalue weighted by molar-refractivity contribution is 0.310. The van der Waals surface area contributed by atoms with Crippen molar-refractivity contribution in [3.8, 4) is 11.5 Å². The second kappa shape index (κ2) is 7.58. The monoisotopic (exact) mass is 285 g/mol. The summed E-state index contributed by atoms with van der Waals surface area (Å²) >= 11 is 0. The first-order chi connectivity index (χ1) is 10.3. The number of anilines is 1. The number of rotatable bonds is 7. The molecule has 0 aromatic heterocycles. The Morgan fingerprint density at radius 2 is 1.81 bits per heavy atom. The van der Waals surface area contributed by atoms with Crippen molar-refractivity contribution in [2.24, 2.45) is 0 Å². The van der Waals surface area contributed by atoms with E-state index in [4.69, 9.17) is 9.47 Å². The summed E-state index contributed by atoms with van der Waals surface area (Å²) in [5.74, 6) is 1.56. The van der Waals surface area contributed by atoms with Crippen LogP contribution in [0.15, 0.2) is 42.5 Å². The third-order valence-electron chi connectivity index (χ3n) is 3.36. The maximum absolute atomic E-state index is 5.53. The van der Waals surface area contributed by atoms with Gasteiger partial charge in [-0.15, -0.1) is 0 Å². The Hall–Kier alpha value is -2.16. The molecule has 0 aliphatic heterocycles. The van der Waals surface area contributed by atoms with Crippen LogP contribution < -0.4 is 14.8 Å². The van der Waals surface area contributed by atoms with E-state index in [-0.39, 0.29) is 0 Å². The SMILES string of the molecule is CCOc1ccc(CNc2cccc(CC)c2)cc1OC. The number of methoxy groups -OCH3 is 1. The van der Waals surface area contributed by atoms with Crippen LogP contribution in [0.5, 0.6) is 11.5 Å². The van der Waals surface area contributed by atoms with Crippen molar-refractivity contribution in [3.63, 3.8) is 0 Å². The van der Waals surface area contributed by atoms with Gasteiger partial charge in [-0.05, 0) is 48.7 Å². The van der Waals surface area contributed by atoms with Gasteiger partial charge in [0.05, 0.1) is 13.7 Å². The zero-order valence-electron chi connectivity index (χ0n) is 13.0. The number of ether oxygens (including phenoxy) is 2. The molecule has 2 aromatic rings. The van der Waals surface area contributed by atoms with E-state index in [0.717, 1.165) is 35.7 Å². The summed E-state index contributed by atoms with van der Waals surface area (Å²) in [7, 11) is 1.67. The summed E-state index contributed by atoms with van der Waals surface area (Å²) in [6, 6.07) is 14.5. The number of aryl methyl sites for hydroxylation is 1. The van der Waals surface area contributed by atoms with Gasteiger partial charge in [0.25, 0.3) is 0 Å². The number of hydrogen-bond donors (Lipinski definition) is 1. The highest BCUT2D eigenvalue weighted by molar-refractivity contribution is 5.48. The molecule has 2 aromatic carbocycles. The smallest absolute Gasteiger partial charge is 0.161 e. The summed E-state index contributed by atoms with van der Waals surface area (Å²) in [5, 5.41) is 3.44. The molecule has 0 aliphatic rings. The van der Waals surface area contributed by atoms with E-state index in [0.29, 0.717) is 6.61 Å². The van der Waals surface area contributed by atoms with E-state index in [9.17, 15) is 0 Å². The minimum atomic E-state index is 0.637. The Morgan fingerprint density at radius 1 is 0.952 bits per heavy atom. The van der Waals surface area contributed by atoms with E-state index < -0.39 is 0 Å². The van der Waals surface area contributed by atoms with Crippen molar-refractivity contribution in [1.82, 2.24) is 0 Å². The molecule has 21 heavy (non-hydrogen) atoms. The van der Waals surface area contributed by atoms with E-state index in [2.05, 4.69) is 42.6 Å². The molecule has 1 N–H and O–H groups in total. The number of hydrogen-bond acceptors (Lipinski definition) is 3. The van der Waals surface area contributed by atoms with E-state index in [1.54, 1.807) is 7.11 Å². The number of nitrogens with one attached hydrogen (secondary N) is 1. The van der Waals surface area contributed by atoms with Crippen LogP contribution in [0.1, 0.15) is 25.0 Å². The van der Waals surface area contributed by atoms with Crippen molar-refractivity contribution in [3.05, 3.63) is 53.6 Å². The van der Waals surface area contributed by atoms with Crippen molar-refractivity contribution >= 4 is 5.69 Å². The molecular weight excluding hydrogens is 262 g/mol. The average Bonchev–Trinajstić information content (AvgIpc) is 2.54. The van der Waals surface area contributed by atoms with Gasteiger partial charge in [-0.25, -0.2) is 0 Å². The van der Waals surface area contributed by atoms with Crippen LogP contribution in [0.3, 0.4) is 0 Å². The molecule has 0 saturated heterocycles. The molecule has 0 saturated carbocycles. The predicted octanol–water partition coefficient (Wildman–Crippen LogP) is 4.27. The van der Waals surface area contributed by atoms with Crippen molar-refractivity contribution in [2.45, 2.75) is 26.8 Å². The third-order valence-corrected chi connectivity index (χ3v) is 3.36. The van der Waals surface area contributed by atoms with Crippen LogP contribution in [0, 0.1) is 0 Å². The fourth-order valence-corrected chi connectivity index (χ4v) is 2.20. The van der Waals surface area contributed by atoms with Gasteiger partial charge in [-0.2, -0.15) is 0 Å². The van der Waals surface area contributed by atoms with E-state index >= 15 is 0 Å². The fourth-order valence-electron chi connectivity index (χ4n) is 2.20. The Kier molecular flexibility index (Phi) is 5.50. The topological polar surface area (TPSA) is 30.5 Å². The zero-order valence-corrected chi connectivity index (χ0v) is 13.0. The lowest BCUT2D eigenvalue weighted by atomic mass is 10.1. The summed E-state index contributed by atoms with van der Waals surface area (Å²) < 4.78 is 10.9. The van der Waals surface area contributed by atoms with E-state index in [1.807, 2.05) is 19.1 Å². The molecule has 0 bridgehead atoms. The Labute approximate surface area is 126 Å². The highest BCUT2D eigenvalue weighted by Crippen LogP contribution is 2.28. The molecule has 0 unspecified atom stereocenters. The maximum Gasteiger partial charge on any atom is 0.161 e. The molecule has 0 spiro atoms. The molecule has 2 rings (SSSR count). The molecule has 0 heterocycles. The van der Waals surface area contributed by atoms with Crippen molar-refractivity contribution < 1.29 is 9.47 Å². The van der Waals surface area contributed by atoms with Crippen molar-refractivity contribution in [2.75, 3.05) is 19.0 Å². The van der Waals surface area contributed by atoms with Crippen LogP contribution >= 0.6 is 0 Å². The molecule has 0 atom stereocenters. The van der Waals surface area contributed by atoms with Crippen LogP contribution in [-0.2, 0) is 13.0 Å². The van der Waals surface area contributed by atoms with Crippen LogP contribution in [-0.4, -0.2) is 13.7 Å². The lowest BCUT2D eigenvalue weighted by Crippen LogP contribution is -2.01. The normalized spacial score (nSPS) is 10.2. The summed E-state index contributed by atoms with van der Waals surface area (Å²) in [5.41, 5.74) is 3.64. The molecule has 112 valence electrons. The fraction of sp³-hybridized carbons (Fsp3) is 0.333.